The third-order valence-corrected chi connectivity index (χ3v) is 3.10. The standard InChI is InChI=1S/C16H23N3O/c1-15(2,3)10-16(4,5)18-14(20)12-6-7-19-11-17-9-13(19)8-12/h6-9,11H,10H2,1-5H3,(H,18,20). The molecule has 0 aliphatic rings. The number of carbonyl (C=O) groups is 1. The van der Waals surface area contributed by atoms with Gasteiger partial charge in [0, 0.05) is 17.3 Å². The van der Waals surface area contributed by atoms with Crippen LogP contribution in [-0.4, -0.2) is 20.8 Å². The highest BCUT2D eigenvalue weighted by Gasteiger charge is 2.27. The maximum atomic E-state index is 12.4. The first-order valence-corrected chi connectivity index (χ1v) is 6.91. The highest BCUT2D eigenvalue weighted by atomic mass is 16.1. The molecule has 2 heterocycles. The summed E-state index contributed by atoms with van der Waals surface area (Å²) in [6.45, 7) is 10.7. The van der Waals surface area contributed by atoms with Crippen LogP contribution in [-0.2, 0) is 0 Å². The van der Waals surface area contributed by atoms with Gasteiger partial charge in [-0.15, -0.1) is 0 Å². The average molecular weight is 273 g/mol. The number of nitrogens with zero attached hydrogens (tertiary/aromatic N) is 2. The summed E-state index contributed by atoms with van der Waals surface area (Å²) < 4.78 is 1.89. The van der Waals surface area contributed by atoms with Crippen LogP contribution in [0.2, 0.25) is 0 Å². The van der Waals surface area contributed by atoms with E-state index in [4.69, 9.17) is 0 Å². The molecule has 0 saturated carbocycles. The molecule has 4 heteroatoms. The minimum atomic E-state index is -0.234. The van der Waals surface area contributed by atoms with E-state index in [1.54, 1.807) is 12.5 Å². The Kier molecular flexibility index (Phi) is 3.59. The lowest BCUT2D eigenvalue weighted by Crippen LogP contribution is -2.45. The molecule has 1 N–H and O–H groups in total. The molecule has 108 valence electrons. The van der Waals surface area contributed by atoms with Crippen molar-refractivity contribution in [1.82, 2.24) is 14.7 Å². The number of aromatic nitrogens is 2. The minimum Gasteiger partial charge on any atom is -0.347 e. The number of fused-ring (bicyclic) bond motifs is 1. The van der Waals surface area contributed by atoms with Crippen molar-refractivity contribution in [2.75, 3.05) is 0 Å². The molecule has 0 bridgehead atoms. The second-order valence-corrected chi connectivity index (χ2v) is 7.22. The van der Waals surface area contributed by atoms with Crippen molar-refractivity contribution < 1.29 is 4.79 Å². The molecular weight excluding hydrogens is 250 g/mol. The molecule has 4 nitrogen and oxygen atoms in total. The van der Waals surface area contributed by atoms with Gasteiger partial charge in [0.15, 0.2) is 0 Å². The molecule has 0 spiro atoms. The fourth-order valence-electron chi connectivity index (χ4n) is 2.81. The maximum Gasteiger partial charge on any atom is 0.251 e. The van der Waals surface area contributed by atoms with Crippen LogP contribution in [0.1, 0.15) is 51.4 Å². The summed E-state index contributed by atoms with van der Waals surface area (Å²) in [7, 11) is 0. The van der Waals surface area contributed by atoms with Gasteiger partial charge in [0.2, 0.25) is 0 Å². The third-order valence-electron chi connectivity index (χ3n) is 3.10. The van der Waals surface area contributed by atoms with E-state index in [1.807, 2.05) is 22.7 Å². The number of hydrogen-bond acceptors (Lipinski definition) is 2. The Morgan fingerprint density at radius 2 is 2.00 bits per heavy atom. The fraction of sp³-hybridized carbons (Fsp3) is 0.500. The van der Waals surface area contributed by atoms with Crippen molar-refractivity contribution in [2.24, 2.45) is 5.41 Å². The van der Waals surface area contributed by atoms with Gasteiger partial charge in [-0.25, -0.2) is 4.98 Å². The maximum absolute atomic E-state index is 12.4. The molecule has 0 aromatic carbocycles. The second kappa shape index (κ2) is 4.93. The highest BCUT2D eigenvalue weighted by Crippen LogP contribution is 2.27. The van der Waals surface area contributed by atoms with E-state index in [9.17, 15) is 4.79 Å². The van der Waals surface area contributed by atoms with Crippen LogP contribution in [0, 0.1) is 5.41 Å². The number of rotatable bonds is 3. The Labute approximate surface area is 120 Å². The fourth-order valence-corrected chi connectivity index (χ4v) is 2.81. The van der Waals surface area contributed by atoms with Crippen molar-refractivity contribution in [3.05, 3.63) is 36.4 Å². The number of imidazole rings is 1. The molecule has 0 atom stereocenters. The van der Waals surface area contributed by atoms with E-state index in [0.717, 1.165) is 11.9 Å². The monoisotopic (exact) mass is 273 g/mol. The zero-order valence-corrected chi connectivity index (χ0v) is 12.9. The van der Waals surface area contributed by atoms with Crippen LogP contribution in [0.25, 0.3) is 5.52 Å². The lowest BCUT2D eigenvalue weighted by Gasteiger charge is -2.33. The predicted molar refractivity (Wildman–Crippen MR) is 80.8 cm³/mol. The van der Waals surface area contributed by atoms with E-state index in [1.165, 1.54) is 0 Å². The molecule has 0 aliphatic heterocycles. The summed E-state index contributed by atoms with van der Waals surface area (Å²) in [6.07, 6.45) is 6.24. The first kappa shape index (κ1) is 14.6. The molecule has 0 saturated heterocycles. The first-order chi connectivity index (χ1) is 9.16. The van der Waals surface area contributed by atoms with Crippen molar-refractivity contribution in [3.8, 4) is 0 Å². The van der Waals surface area contributed by atoms with Crippen LogP contribution in [0.3, 0.4) is 0 Å². The zero-order valence-electron chi connectivity index (χ0n) is 12.9. The van der Waals surface area contributed by atoms with E-state index >= 15 is 0 Å². The third kappa shape index (κ3) is 3.59. The summed E-state index contributed by atoms with van der Waals surface area (Å²) in [5.41, 5.74) is 1.53. The number of hydrogen-bond donors (Lipinski definition) is 1. The predicted octanol–water partition coefficient (Wildman–Crippen LogP) is 3.28. The molecule has 0 fully saturated rings. The van der Waals surface area contributed by atoms with Gasteiger partial charge < -0.3 is 9.72 Å². The molecule has 1 amide bonds. The molecule has 0 unspecified atom stereocenters. The quantitative estimate of drug-likeness (QED) is 0.933. The van der Waals surface area contributed by atoms with Crippen LogP contribution < -0.4 is 5.32 Å². The van der Waals surface area contributed by atoms with Crippen molar-refractivity contribution in [1.29, 1.82) is 0 Å². The first-order valence-electron chi connectivity index (χ1n) is 6.91. The summed E-state index contributed by atoms with van der Waals surface area (Å²) in [4.78, 5) is 16.4. The number of pyridine rings is 1. The zero-order chi connectivity index (χ0) is 15.0. The van der Waals surface area contributed by atoms with Crippen LogP contribution in [0.5, 0.6) is 0 Å². The Balaban J connectivity index is 2.14. The van der Waals surface area contributed by atoms with Gasteiger partial charge in [0.1, 0.15) is 0 Å². The SMILES string of the molecule is CC(C)(C)CC(C)(C)NC(=O)c1ccn2cncc2c1. The smallest absolute Gasteiger partial charge is 0.251 e. The summed E-state index contributed by atoms with van der Waals surface area (Å²) in [5.74, 6) is -0.0389. The molecule has 2 rings (SSSR count). The van der Waals surface area contributed by atoms with Crippen molar-refractivity contribution >= 4 is 11.4 Å². The Morgan fingerprint density at radius 3 is 2.65 bits per heavy atom. The van der Waals surface area contributed by atoms with Crippen LogP contribution >= 0.6 is 0 Å². The van der Waals surface area contributed by atoms with Crippen LogP contribution in [0.4, 0.5) is 0 Å². The summed E-state index contributed by atoms with van der Waals surface area (Å²) in [6, 6.07) is 3.67. The number of amides is 1. The number of nitrogens with one attached hydrogen (secondary N) is 1. The van der Waals surface area contributed by atoms with Gasteiger partial charge in [-0.05, 0) is 37.8 Å². The summed E-state index contributed by atoms with van der Waals surface area (Å²) in [5, 5.41) is 3.12. The van der Waals surface area contributed by atoms with Gasteiger partial charge in [-0.3, -0.25) is 4.79 Å². The van der Waals surface area contributed by atoms with Gasteiger partial charge in [-0.1, -0.05) is 20.8 Å². The summed E-state index contributed by atoms with van der Waals surface area (Å²) >= 11 is 0. The Bertz CT molecular complexity index is 620. The number of carbonyl (C=O) groups excluding carboxylic acids is 1. The lowest BCUT2D eigenvalue weighted by molar-refractivity contribution is 0.0891. The van der Waals surface area contributed by atoms with Gasteiger partial charge in [0.05, 0.1) is 18.0 Å². The molecule has 2 aromatic heterocycles. The molecule has 20 heavy (non-hydrogen) atoms. The average Bonchev–Trinajstić information content (AvgIpc) is 2.71. The van der Waals surface area contributed by atoms with Crippen LogP contribution in [0.15, 0.2) is 30.9 Å². The largest absolute Gasteiger partial charge is 0.347 e. The van der Waals surface area contributed by atoms with E-state index in [-0.39, 0.29) is 16.9 Å². The molecular formula is C16H23N3O. The lowest BCUT2D eigenvalue weighted by atomic mass is 9.81. The molecule has 0 aliphatic carbocycles. The van der Waals surface area contributed by atoms with Gasteiger partial charge in [-0.2, -0.15) is 0 Å². The minimum absolute atomic E-state index is 0.0389. The van der Waals surface area contributed by atoms with Gasteiger partial charge in [0.25, 0.3) is 5.91 Å². The van der Waals surface area contributed by atoms with Crippen molar-refractivity contribution in [3.63, 3.8) is 0 Å². The van der Waals surface area contributed by atoms with E-state index in [0.29, 0.717) is 5.56 Å². The van der Waals surface area contributed by atoms with E-state index < -0.39 is 0 Å². The van der Waals surface area contributed by atoms with Gasteiger partial charge >= 0.3 is 0 Å². The van der Waals surface area contributed by atoms with E-state index in [2.05, 4.69) is 44.9 Å². The highest BCUT2D eigenvalue weighted by molar-refractivity contribution is 5.95. The topological polar surface area (TPSA) is 46.4 Å². The molecule has 2 aromatic rings. The second-order valence-electron chi connectivity index (χ2n) is 7.22. The van der Waals surface area contributed by atoms with Crippen molar-refractivity contribution in [2.45, 2.75) is 46.6 Å². The Morgan fingerprint density at radius 1 is 1.30 bits per heavy atom. The normalized spacial score (nSPS) is 12.7. The molecule has 0 radical (unpaired) electrons. The Hall–Kier alpha value is -1.84.